The van der Waals surface area contributed by atoms with Crippen molar-refractivity contribution in [3.63, 3.8) is 0 Å². The fraction of sp³-hybridized carbons (Fsp3) is 0.545. The Hall–Kier alpha value is -0.420. The Morgan fingerprint density at radius 2 is 2.46 bits per heavy atom. The van der Waals surface area contributed by atoms with Crippen molar-refractivity contribution in [2.24, 2.45) is 0 Å². The van der Waals surface area contributed by atoms with Crippen LogP contribution in [0.15, 0.2) is 24.4 Å². The molecule has 13 heavy (non-hydrogen) atoms. The van der Waals surface area contributed by atoms with Gasteiger partial charge in [0.25, 0.3) is 0 Å². The van der Waals surface area contributed by atoms with Gasteiger partial charge in [-0.3, -0.25) is 4.98 Å². The van der Waals surface area contributed by atoms with Crippen LogP contribution in [0.1, 0.15) is 18.5 Å². The highest BCUT2D eigenvalue weighted by Crippen LogP contribution is 2.47. The van der Waals surface area contributed by atoms with Crippen LogP contribution in [0.4, 0.5) is 0 Å². The topological polar surface area (TPSA) is 12.9 Å². The van der Waals surface area contributed by atoms with Gasteiger partial charge in [-0.05, 0) is 49.9 Å². The second-order valence-electron chi connectivity index (χ2n) is 3.80. The third-order valence-corrected chi connectivity index (χ3v) is 5.55. The SMILES string of the molecule is CP1CCCC1Cc1ccccn1. The van der Waals surface area contributed by atoms with E-state index in [2.05, 4.69) is 23.8 Å². The van der Waals surface area contributed by atoms with Gasteiger partial charge in [-0.15, -0.1) is 7.92 Å². The highest BCUT2D eigenvalue weighted by molar-refractivity contribution is 7.57. The van der Waals surface area contributed by atoms with Gasteiger partial charge in [-0.1, -0.05) is 6.07 Å². The standard InChI is InChI=1S/C11H16NP/c1-13-8-4-6-11(13)9-10-5-2-3-7-12-10/h2-3,5,7,11H,4,6,8-9H2,1H3. The van der Waals surface area contributed by atoms with Crippen molar-refractivity contribution in [3.8, 4) is 0 Å². The van der Waals surface area contributed by atoms with Crippen molar-refractivity contribution in [2.45, 2.75) is 24.9 Å². The van der Waals surface area contributed by atoms with E-state index in [1.165, 1.54) is 31.1 Å². The molecule has 0 N–H and O–H groups in total. The van der Waals surface area contributed by atoms with Crippen LogP contribution in [-0.4, -0.2) is 23.5 Å². The quantitative estimate of drug-likeness (QED) is 0.658. The summed E-state index contributed by atoms with van der Waals surface area (Å²) < 4.78 is 0. The van der Waals surface area contributed by atoms with Crippen LogP contribution >= 0.6 is 7.92 Å². The average Bonchev–Trinajstić information content (AvgIpc) is 2.54. The fourth-order valence-electron chi connectivity index (χ4n) is 2.00. The molecule has 0 aliphatic carbocycles. The number of hydrogen-bond acceptors (Lipinski definition) is 1. The predicted octanol–water partition coefficient (Wildman–Crippen LogP) is 2.90. The Morgan fingerprint density at radius 3 is 3.08 bits per heavy atom. The maximum Gasteiger partial charge on any atom is 0.0409 e. The van der Waals surface area contributed by atoms with E-state index in [-0.39, 0.29) is 0 Å². The number of aromatic nitrogens is 1. The molecule has 1 fully saturated rings. The number of rotatable bonds is 2. The van der Waals surface area contributed by atoms with E-state index in [1.54, 1.807) is 0 Å². The van der Waals surface area contributed by atoms with Crippen molar-refractivity contribution >= 4 is 7.92 Å². The smallest absolute Gasteiger partial charge is 0.0409 e. The molecular formula is C11H16NP. The minimum absolute atomic E-state index is 0.308. The Bertz CT molecular complexity index is 260. The second-order valence-corrected chi connectivity index (χ2v) is 6.49. The molecule has 0 radical (unpaired) electrons. The van der Waals surface area contributed by atoms with Gasteiger partial charge in [0.2, 0.25) is 0 Å². The highest BCUT2D eigenvalue weighted by Gasteiger charge is 2.22. The molecule has 0 aromatic carbocycles. The van der Waals surface area contributed by atoms with Crippen LogP contribution in [0.5, 0.6) is 0 Å². The molecule has 1 aliphatic rings. The van der Waals surface area contributed by atoms with E-state index in [0.717, 1.165) is 5.66 Å². The maximum atomic E-state index is 4.39. The Morgan fingerprint density at radius 1 is 1.54 bits per heavy atom. The molecule has 0 saturated carbocycles. The summed E-state index contributed by atoms with van der Waals surface area (Å²) in [6.45, 7) is 2.44. The zero-order chi connectivity index (χ0) is 9.10. The first-order valence-corrected chi connectivity index (χ1v) is 7.01. The van der Waals surface area contributed by atoms with Crippen LogP contribution in [0.2, 0.25) is 0 Å². The molecule has 70 valence electrons. The Kier molecular flexibility index (Phi) is 2.95. The molecule has 2 heterocycles. The van der Waals surface area contributed by atoms with E-state index < -0.39 is 0 Å². The largest absolute Gasteiger partial charge is 0.261 e. The van der Waals surface area contributed by atoms with Gasteiger partial charge in [0, 0.05) is 11.9 Å². The Labute approximate surface area is 81.3 Å². The number of hydrogen-bond donors (Lipinski definition) is 0. The molecule has 1 nitrogen and oxygen atoms in total. The number of nitrogens with zero attached hydrogens (tertiary/aromatic N) is 1. The predicted molar refractivity (Wildman–Crippen MR) is 58.7 cm³/mol. The maximum absolute atomic E-state index is 4.39. The van der Waals surface area contributed by atoms with E-state index >= 15 is 0 Å². The van der Waals surface area contributed by atoms with Gasteiger partial charge < -0.3 is 0 Å². The normalized spacial score (nSPS) is 27.8. The molecule has 1 aromatic rings. The summed E-state index contributed by atoms with van der Waals surface area (Å²) in [5.41, 5.74) is 2.23. The fourth-order valence-corrected chi connectivity index (χ4v) is 4.17. The molecule has 1 saturated heterocycles. The molecule has 2 atom stereocenters. The first kappa shape index (κ1) is 9.15. The number of pyridine rings is 1. The van der Waals surface area contributed by atoms with Gasteiger partial charge in [0.05, 0.1) is 0 Å². The summed E-state index contributed by atoms with van der Waals surface area (Å²) in [6, 6.07) is 6.24. The van der Waals surface area contributed by atoms with Crippen molar-refractivity contribution in [1.29, 1.82) is 0 Å². The second kappa shape index (κ2) is 4.19. The molecule has 2 heteroatoms. The van der Waals surface area contributed by atoms with E-state index in [9.17, 15) is 0 Å². The monoisotopic (exact) mass is 193 g/mol. The molecular weight excluding hydrogens is 177 g/mol. The lowest BCUT2D eigenvalue weighted by Crippen LogP contribution is -2.05. The van der Waals surface area contributed by atoms with E-state index in [1.807, 2.05) is 12.3 Å². The first-order chi connectivity index (χ1) is 6.36. The van der Waals surface area contributed by atoms with Crippen LogP contribution < -0.4 is 0 Å². The summed E-state index contributed by atoms with van der Waals surface area (Å²) in [5, 5.41) is 0. The van der Waals surface area contributed by atoms with E-state index in [0.29, 0.717) is 7.92 Å². The van der Waals surface area contributed by atoms with Gasteiger partial charge in [0.15, 0.2) is 0 Å². The molecule has 2 unspecified atom stereocenters. The summed E-state index contributed by atoms with van der Waals surface area (Å²) in [4.78, 5) is 4.39. The highest BCUT2D eigenvalue weighted by atomic mass is 31.1. The average molecular weight is 193 g/mol. The molecule has 1 aliphatic heterocycles. The van der Waals surface area contributed by atoms with Gasteiger partial charge in [-0.25, -0.2) is 0 Å². The van der Waals surface area contributed by atoms with Gasteiger partial charge in [0.1, 0.15) is 0 Å². The van der Waals surface area contributed by atoms with Crippen molar-refractivity contribution < 1.29 is 0 Å². The molecule has 0 bridgehead atoms. The van der Waals surface area contributed by atoms with Crippen LogP contribution in [0.25, 0.3) is 0 Å². The van der Waals surface area contributed by atoms with Crippen LogP contribution in [0.3, 0.4) is 0 Å². The lowest BCUT2D eigenvalue weighted by Gasteiger charge is -2.14. The summed E-state index contributed by atoms with van der Waals surface area (Å²) in [5.74, 6) is 0. The minimum Gasteiger partial charge on any atom is -0.261 e. The van der Waals surface area contributed by atoms with Crippen LogP contribution in [0, 0.1) is 0 Å². The van der Waals surface area contributed by atoms with Gasteiger partial charge >= 0.3 is 0 Å². The van der Waals surface area contributed by atoms with E-state index in [4.69, 9.17) is 0 Å². The lowest BCUT2D eigenvalue weighted by atomic mass is 10.1. The first-order valence-electron chi connectivity index (χ1n) is 4.96. The van der Waals surface area contributed by atoms with Crippen LogP contribution in [-0.2, 0) is 6.42 Å². The van der Waals surface area contributed by atoms with Crippen molar-refractivity contribution in [3.05, 3.63) is 30.1 Å². The third kappa shape index (κ3) is 2.28. The summed E-state index contributed by atoms with van der Waals surface area (Å²) >= 11 is 0. The van der Waals surface area contributed by atoms with Crippen molar-refractivity contribution in [2.75, 3.05) is 12.8 Å². The Balaban J connectivity index is 1.98. The zero-order valence-corrected chi connectivity index (χ0v) is 9.00. The summed E-state index contributed by atoms with van der Waals surface area (Å²) in [6.07, 6.45) is 7.47. The third-order valence-electron chi connectivity index (χ3n) is 2.84. The molecule has 2 rings (SSSR count). The molecule has 0 amide bonds. The minimum atomic E-state index is 0.308. The van der Waals surface area contributed by atoms with Gasteiger partial charge in [-0.2, -0.15) is 0 Å². The van der Waals surface area contributed by atoms with Crippen molar-refractivity contribution in [1.82, 2.24) is 4.98 Å². The molecule has 0 spiro atoms. The lowest BCUT2D eigenvalue weighted by molar-refractivity contribution is 0.760. The zero-order valence-electron chi connectivity index (χ0n) is 8.11. The molecule has 1 aromatic heterocycles. The summed E-state index contributed by atoms with van der Waals surface area (Å²) in [7, 11) is 0.308.